The Morgan fingerprint density at radius 3 is 1.91 bits per heavy atom. The zero-order chi connectivity index (χ0) is 45.6. The molecule has 0 saturated carbocycles. The van der Waals surface area contributed by atoms with Crippen LogP contribution in [-0.4, -0.2) is 21.5 Å². The van der Waals surface area contributed by atoms with Gasteiger partial charge in [-0.2, -0.15) is 0 Å². The largest absolute Gasteiger partial charge is 0.463 e. The lowest BCUT2D eigenvalue weighted by Gasteiger charge is -2.24. The molecule has 67 heavy (non-hydrogen) atoms. The standard InChI is InChI=1S/C62H52N4O/c1-7-8-19-37(2)54-36-55(66-60(65-54)39-22-12-13-23-39)45-33-51-58(43-27-17-15-25-41(43)45)47-35-48-46(34-49(47)62(51,5)6)57-42-26-16-14-24-40(42)44(32-50(57)61(48,3)4)52-29-30-53(56-28-18-31-67-56)64-59(63-52)38-20-10-9-11-21-38/h7-10,12-20,22,24-29,31-36H,11,21,23,30H2,1-6H3. The predicted octanol–water partition coefficient (Wildman–Crippen LogP) is 15.9. The SMILES string of the molecule is CC=CC=C(C)c1cc(-c2cc3c(c4ccccc24)-c2cc4c(cc2C3(C)C)-c2c(cc(C3=CCC(c5ccco5)=NC(C5=CC=CCC5)=N3)c3ccccc23)C4(C)C)nc(C2=CC=CC2)n1. The fourth-order valence-corrected chi connectivity index (χ4v) is 11.2. The fraction of sp³-hybridized carbons (Fsp3) is 0.194. The van der Waals surface area contributed by atoms with Crippen LogP contribution in [0.5, 0.6) is 0 Å². The van der Waals surface area contributed by atoms with Crippen LogP contribution in [0.15, 0.2) is 178 Å². The first-order chi connectivity index (χ1) is 32.6. The maximum Gasteiger partial charge on any atom is 0.156 e. The topological polar surface area (TPSA) is 63.6 Å². The molecule has 0 saturated heterocycles. The summed E-state index contributed by atoms with van der Waals surface area (Å²) in [5, 5.41) is 4.89. The van der Waals surface area contributed by atoms with Gasteiger partial charge in [0.25, 0.3) is 0 Å². The number of rotatable bonds is 7. The van der Waals surface area contributed by atoms with Gasteiger partial charge in [0, 0.05) is 34.0 Å². The molecule has 5 aromatic carbocycles. The minimum Gasteiger partial charge on any atom is -0.463 e. The molecule has 1 aliphatic heterocycles. The van der Waals surface area contributed by atoms with E-state index in [1.165, 1.54) is 66.1 Å². The number of hydrogen-bond acceptors (Lipinski definition) is 5. The number of amidine groups is 1. The molecule has 0 bridgehead atoms. The van der Waals surface area contributed by atoms with E-state index in [-0.39, 0.29) is 10.8 Å². The molecule has 4 aliphatic carbocycles. The lowest BCUT2D eigenvalue weighted by Crippen LogP contribution is -2.17. The molecule has 0 unspecified atom stereocenters. The smallest absolute Gasteiger partial charge is 0.156 e. The van der Waals surface area contributed by atoms with Gasteiger partial charge >= 0.3 is 0 Å². The number of benzene rings is 5. The van der Waals surface area contributed by atoms with Gasteiger partial charge in [0.1, 0.15) is 5.76 Å². The molecular formula is C62H52N4O. The third kappa shape index (κ3) is 6.50. The van der Waals surface area contributed by atoms with E-state index >= 15 is 0 Å². The molecule has 0 fully saturated rings. The molecule has 5 heteroatoms. The van der Waals surface area contributed by atoms with E-state index in [1.54, 1.807) is 6.26 Å². The van der Waals surface area contributed by atoms with Crippen LogP contribution in [0.25, 0.3) is 71.9 Å². The monoisotopic (exact) mass is 868 g/mol. The summed E-state index contributed by atoms with van der Waals surface area (Å²) in [4.78, 5) is 21.1. The third-order valence-electron chi connectivity index (χ3n) is 14.8. The van der Waals surface area contributed by atoms with E-state index in [1.807, 2.05) is 19.1 Å². The van der Waals surface area contributed by atoms with Crippen molar-refractivity contribution in [3.8, 4) is 33.5 Å². The van der Waals surface area contributed by atoms with Crippen molar-refractivity contribution < 1.29 is 4.42 Å². The van der Waals surface area contributed by atoms with Gasteiger partial charge in [-0.3, -0.25) is 0 Å². The van der Waals surface area contributed by atoms with Crippen LogP contribution in [-0.2, 0) is 10.8 Å². The van der Waals surface area contributed by atoms with Crippen molar-refractivity contribution in [3.63, 3.8) is 0 Å². The number of aliphatic imine (C=N–C) groups is 2. The minimum absolute atomic E-state index is 0.287. The van der Waals surface area contributed by atoms with E-state index in [2.05, 4.69) is 174 Å². The summed E-state index contributed by atoms with van der Waals surface area (Å²) < 4.78 is 5.90. The normalized spacial score (nSPS) is 17.8. The number of nitrogens with zero attached hydrogens (tertiary/aromatic N) is 4. The molecule has 0 radical (unpaired) electrons. The molecule has 0 spiro atoms. The lowest BCUT2D eigenvalue weighted by atomic mass is 9.78. The van der Waals surface area contributed by atoms with Crippen LogP contribution >= 0.6 is 0 Å². The molecule has 5 aliphatic rings. The number of aromatic nitrogens is 2. The van der Waals surface area contributed by atoms with E-state index in [0.29, 0.717) is 6.42 Å². The zero-order valence-corrected chi connectivity index (χ0v) is 39.0. The van der Waals surface area contributed by atoms with Crippen molar-refractivity contribution in [1.82, 2.24) is 9.97 Å². The van der Waals surface area contributed by atoms with E-state index < -0.39 is 0 Å². The third-order valence-corrected chi connectivity index (χ3v) is 14.8. The highest BCUT2D eigenvalue weighted by molar-refractivity contribution is 6.16. The lowest BCUT2D eigenvalue weighted by molar-refractivity contribution is 0.556. The molecule has 0 N–H and O–H groups in total. The second-order valence-corrected chi connectivity index (χ2v) is 19.6. The van der Waals surface area contributed by atoms with Gasteiger partial charge in [-0.1, -0.05) is 137 Å². The van der Waals surface area contributed by atoms with Gasteiger partial charge in [0.05, 0.1) is 29.1 Å². The maximum absolute atomic E-state index is 5.90. The van der Waals surface area contributed by atoms with E-state index in [0.717, 1.165) is 87.3 Å². The Balaban J connectivity index is 1.02. The quantitative estimate of drug-likeness (QED) is 0.150. The van der Waals surface area contributed by atoms with Crippen LogP contribution in [0.3, 0.4) is 0 Å². The summed E-state index contributed by atoms with van der Waals surface area (Å²) in [5.74, 6) is 2.34. The number of hydrogen-bond donors (Lipinski definition) is 0. The molecule has 7 aromatic rings. The Kier molecular flexibility index (Phi) is 9.51. The average Bonchev–Trinajstić information content (AvgIpc) is 4.15. The minimum atomic E-state index is -0.290. The summed E-state index contributed by atoms with van der Waals surface area (Å²) >= 11 is 0. The van der Waals surface area contributed by atoms with Crippen molar-refractivity contribution in [2.45, 2.75) is 78.1 Å². The number of furan rings is 1. The zero-order valence-electron chi connectivity index (χ0n) is 39.0. The Bertz CT molecular complexity index is 3570. The Morgan fingerprint density at radius 1 is 0.642 bits per heavy atom. The molecule has 326 valence electrons. The van der Waals surface area contributed by atoms with Gasteiger partial charge in [-0.15, -0.1) is 0 Å². The Morgan fingerprint density at radius 2 is 1.28 bits per heavy atom. The first kappa shape index (κ1) is 41.0. The molecule has 3 heterocycles. The summed E-state index contributed by atoms with van der Waals surface area (Å²) in [6.07, 6.45) is 26.5. The molecular weight excluding hydrogens is 817 g/mol. The molecule has 0 atom stereocenters. The van der Waals surface area contributed by atoms with Crippen molar-refractivity contribution in [3.05, 3.63) is 209 Å². The molecule has 12 rings (SSSR count). The summed E-state index contributed by atoms with van der Waals surface area (Å²) in [5.41, 5.74) is 19.5. The first-order valence-corrected chi connectivity index (χ1v) is 23.7. The highest BCUT2D eigenvalue weighted by Crippen LogP contribution is 2.59. The van der Waals surface area contributed by atoms with Gasteiger partial charge in [0.2, 0.25) is 0 Å². The summed E-state index contributed by atoms with van der Waals surface area (Å²) in [6.45, 7) is 13.8. The Labute approximate surface area is 392 Å². The van der Waals surface area contributed by atoms with Crippen molar-refractivity contribution in [2.24, 2.45) is 9.98 Å². The maximum atomic E-state index is 5.90. The second kappa shape index (κ2) is 15.6. The average molecular weight is 869 g/mol. The summed E-state index contributed by atoms with van der Waals surface area (Å²) in [6, 6.07) is 34.0. The van der Waals surface area contributed by atoms with Crippen LogP contribution in [0.4, 0.5) is 0 Å². The Hall–Kier alpha value is -7.50. The second-order valence-electron chi connectivity index (χ2n) is 19.6. The predicted molar refractivity (Wildman–Crippen MR) is 280 cm³/mol. The van der Waals surface area contributed by atoms with E-state index in [4.69, 9.17) is 24.4 Å². The highest BCUT2D eigenvalue weighted by Gasteiger charge is 2.43. The summed E-state index contributed by atoms with van der Waals surface area (Å²) in [7, 11) is 0. The van der Waals surface area contributed by atoms with Gasteiger partial charge < -0.3 is 4.42 Å². The molecule has 5 nitrogen and oxygen atoms in total. The van der Waals surface area contributed by atoms with Gasteiger partial charge in [-0.05, 0) is 153 Å². The number of allylic oxidation sites excluding steroid dienone is 12. The number of fused-ring (bicyclic) bond motifs is 10. The van der Waals surface area contributed by atoms with Crippen molar-refractivity contribution in [2.75, 3.05) is 0 Å². The van der Waals surface area contributed by atoms with Gasteiger partial charge in [0.15, 0.2) is 11.7 Å². The van der Waals surface area contributed by atoms with Crippen LogP contribution in [0.2, 0.25) is 0 Å². The van der Waals surface area contributed by atoms with Gasteiger partial charge in [-0.25, -0.2) is 20.0 Å². The van der Waals surface area contributed by atoms with Crippen LogP contribution in [0, 0.1) is 0 Å². The van der Waals surface area contributed by atoms with Crippen molar-refractivity contribution in [1.29, 1.82) is 0 Å². The van der Waals surface area contributed by atoms with Crippen molar-refractivity contribution >= 4 is 49.9 Å². The highest BCUT2D eigenvalue weighted by atomic mass is 16.3. The molecule has 0 amide bonds. The van der Waals surface area contributed by atoms with Crippen LogP contribution < -0.4 is 0 Å². The fourth-order valence-electron chi connectivity index (χ4n) is 11.2. The van der Waals surface area contributed by atoms with E-state index in [9.17, 15) is 0 Å². The van der Waals surface area contributed by atoms with Crippen LogP contribution in [0.1, 0.15) is 112 Å². The molecule has 2 aromatic heterocycles. The first-order valence-electron chi connectivity index (χ1n) is 23.7.